The number of nitrogens with zero attached hydrogens (tertiary/aromatic N) is 1. The highest BCUT2D eigenvalue weighted by Gasteiger charge is 2.39. The zero-order chi connectivity index (χ0) is 20.5. The van der Waals surface area contributed by atoms with Gasteiger partial charge in [-0.2, -0.15) is 13.2 Å². The van der Waals surface area contributed by atoms with E-state index in [1.54, 1.807) is 29.6 Å². The Hall–Kier alpha value is -3.10. The van der Waals surface area contributed by atoms with Gasteiger partial charge in [-0.3, -0.25) is 9.59 Å². The van der Waals surface area contributed by atoms with E-state index >= 15 is 0 Å². The average Bonchev–Trinajstić information content (AvgIpc) is 2.65. The lowest BCUT2D eigenvalue weighted by Gasteiger charge is -2.31. The maximum Gasteiger partial charge on any atom is 0.471 e. The molecule has 28 heavy (non-hydrogen) atoms. The Morgan fingerprint density at radius 3 is 2.43 bits per heavy atom. The first-order chi connectivity index (χ1) is 13.2. The third-order valence-corrected chi connectivity index (χ3v) is 4.40. The fraction of sp³-hybridized carbons (Fsp3) is 0.263. The molecule has 0 saturated heterocycles. The molecule has 1 aliphatic rings. The number of hydrogen-bond donors (Lipinski definition) is 1. The quantitative estimate of drug-likeness (QED) is 0.800. The maximum atomic E-state index is 14.5. The largest absolute Gasteiger partial charge is 0.497 e. The SMILES string of the molecule is COc1ccc(CN2C(=O)CCc3c(NC(=O)C(F)(F)F)ccc(F)c32)cc1. The first-order valence-electron chi connectivity index (χ1n) is 8.33. The number of amides is 2. The Morgan fingerprint density at radius 2 is 1.82 bits per heavy atom. The number of carbonyl (C=O) groups is 2. The first kappa shape index (κ1) is 19.7. The Balaban J connectivity index is 1.96. The molecule has 0 radical (unpaired) electrons. The Labute approximate surface area is 157 Å². The summed E-state index contributed by atoms with van der Waals surface area (Å²) in [5, 5.41) is 1.77. The van der Waals surface area contributed by atoms with Crippen molar-refractivity contribution in [2.45, 2.75) is 25.6 Å². The van der Waals surface area contributed by atoms with Crippen LogP contribution >= 0.6 is 0 Å². The van der Waals surface area contributed by atoms with E-state index in [1.807, 2.05) is 0 Å². The molecule has 0 aromatic heterocycles. The van der Waals surface area contributed by atoms with Crippen LogP contribution < -0.4 is 15.0 Å². The van der Waals surface area contributed by atoms with E-state index in [0.717, 1.165) is 12.1 Å². The molecule has 0 unspecified atom stereocenters. The van der Waals surface area contributed by atoms with Crippen molar-refractivity contribution in [3.05, 3.63) is 53.3 Å². The molecule has 0 saturated carbocycles. The summed E-state index contributed by atoms with van der Waals surface area (Å²) in [7, 11) is 1.51. The Morgan fingerprint density at radius 1 is 1.14 bits per heavy atom. The minimum atomic E-state index is -5.07. The minimum Gasteiger partial charge on any atom is -0.497 e. The summed E-state index contributed by atoms with van der Waals surface area (Å²) in [6.45, 7) is 0.0312. The van der Waals surface area contributed by atoms with Crippen molar-refractivity contribution in [2.24, 2.45) is 0 Å². The molecular weight excluding hydrogens is 380 g/mol. The van der Waals surface area contributed by atoms with Crippen LogP contribution in [-0.4, -0.2) is 25.1 Å². The molecule has 0 atom stereocenters. The van der Waals surface area contributed by atoms with Crippen molar-refractivity contribution in [2.75, 3.05) is 17.3 Å². The van der Waals surface area contributed by atoms with E-state index in [2.05, 4.69) is 0 Å². The van der Waals surface area contributed by atoms with Gasteiger partial charge in [0.15, 0.2) is 0 Å². The first-order valence-corrected chi connectivity index (χ1v) is 8.33. The van der Waals surface area contributed by atoms with E-state index in [-0.39, 0.29) is 42.2 Å². The second kappa shape index (κ2) is 7.49. The number of hydrogen-bond acceptors (Lipinski definition) is 3. The summed E-state index contributed by atoms with van der Waals surface area (Å²) in [5.41, 5.74) is 0.565. The Bertz CT molecular complexity index is 911. The standard InChI is InChI=1S/C19H16F4N2O3/c1-28-12-4-2-11(3-5-12)10-25-16(26)9-6-13-15(8-7-14(20)17(13)25)24-18(27)19(21,22)23/h2-5,7-8H,6,9-10H2,1H3,(H,24,27). The van der Waals surface area contributed by atoms with Gasteiger partial charge in [0.25, 0.3) is 0 Å². The predicted molar refractivity (Wildman–Crippen MR) is 93.6 cm³/mol. The second-order valence-electron chi connectivity index (χ2n) is 6.20. The van der Waals surface area contributed by atoms with Gasteiger partial charge in [0.1, 0.15) is 11.6 Å². The number of benzene rings is 2. The molecule has 5 nitrogen and oxygen atoms in total. The zero-order valence-corrected chi connectivity index (χ0v) is 14.8. The third kappa shape index (κ3) is 3.92. The molecule has 2 aromatic carbocycles. The van der Waals surface area contributed by atoms with Crippen LogP contribution in [0.1, 0.15) is 17.5 Å². The summed E-state index contributed by atoms with van der Waals surface area (Å²) in [6.07, 6.45) is -5.06. The normalized spacial score (nSPS) is 13.9. The molecule has 0 bridgehead atoms. The predicted octanol–water partition coefficient (Wildman–Crippen LogP) is 3.81. The second-order valence-corrected chi connectivity index (χ2v) is 6.20. The molecule has 2 aromatic rings. The molecule has 1 aliphatic heterocycles. The van der Waals surface area contributed by atoms with Gasteiger partial charge in [0.2, 0.25) is 5.91 Å². The lowest BCUT2D eigenvalue weighted by molar-refractivity contribution is -0.167. The number of rotatable bonds is 4. The third-order valence-electron chi connectivity index (χ3n) is 4.40. The van der Waals surface area contributed by atoms with E-state index in [9.17, 15) is 27.2 Å². The van der Waals surface area contributed by atoms with Crippen LogP contribution in [0.15, 0.2) is 36.4 Å². The van der Waals surface area contributed by atoms with Gasteiger partial charge in [-0.15, -0.1) is 0 Å². The van der Waals surface area contributed by atoms with Gasteiger partial charge in [-0.25, -0.2) is 4.39 Å². The topological polar surface area (TPSA) is 58.6 Å². The molecule has 0 spiro atoms. The fourth-order valence-corrected chi connectivity index (χ4v) is 3.04. The summed E-state index contributed by atoms with van der Waals surface area (Å²) in [4.78, 5) is 24.9. The van der Waals surface area contributed by atoms with Gasteiger partial charge in [-0.05, 0) is 36.2 Å². The fourth-order valence-electron chi connectivity index (χ4n) is 3.04. The molecule has 0 fully saturated rings. The van der Waals surface area contributed by atoms with Crippen LogP contribution in [0.3, 0.4) is 0 Å². The lowest BCUT2D eigenvalue weighted by atomic mass is 9.97. The number of ether oxygens (including phenoxy) is 1. The molecule has 1 heterocycles. The van der Waals surface area contributed by atoms with Crippen LogP contribution in [0.2, 0.25) is 0 Å². The van der Waals surface area contributed by atoms with Crippen LogP contribution in [0.5, 0.6) is 5.75 Å². The summed E-state index contributed by atoms with van der Waals surface area (Å²) in [6, 6.07) is 8.77. The molecule has 148 valence electrons. The molecule has 1 N–H and O–H groups in total. The molecule has 2 amide bonds. The number of fused-ring (bicyclic) bond motifs is 1. The molecule has 9 heteroatoms. The van der Waals surface area contributed by atoms with Crippen molar-refractivity contribution < 1.29 is 31.9 Å². The van der Waals surface area contributed by atoms with Crippen molar-refractivity contribution in [1.29, 1.82) is 0 Å². The Kier molecular flexibility index (Phi) is 5.26. The molecule has 0 aliphatic carbocycles. The van der Waals surface area contributed by atoms with E-state index in [1.165, 1.54) is 12.0 Å². The van der Waals surface area contributed by atoms with Crippen molar-refractivity contribution >= 4 is 23.2 Å². The highest BCUT2D eigenvalue weighted by molar-refractivity contribution is 6.01. The average molecular weight is 396 g/mol. The van der Waals surface area contributed by atoms with E-state index in [0.29, 0.717) is 11.3 Å². The van der Waals surface area contributed by atoms with E-state index in [4.69, 9.17) is 4.74 Å². The zero-order valence-electron chi connectivity index (χ0n) is 14.8. The molecule has 3 rings (SSSR count). The summed E-state index contributed by atoms with van der Waals surface area (Å²) < 4.78 is 57.3. The van der Waals surface area contributed by atoms with Crippen molar-refractivity contribution in [3.8, 4) is 5.75 Å². The maximum absolute atomic E-state index is 14.5. The van der Waals surface area contributed by atoms with Gasteiger partial charge in [-0.1, -0.05) is 12.1 Å². The highest BCUT2D eigenvalue weighted by atomic mass is 19.4. The van der Waals surface area contributed by atoms with Crippen molar-refractivity contribution in [1.82, 2.24) is 0 Å². The van der Waals surface area contributed by atoms with Crippen LogP contribution in [0, 0.1) is 5.82 Å². The number of nitrogens with one attached hydrogen (secondary N) is 1. The smallest absolute Gasteiger partial charge is 0.471 e. The van der Waals surface area contributed by atoms with Crippen molar-refractivity contribution in [3.63, 3.8) is 0 Å². The minimum absolute atomic E-state index is 0.0124. The van der Waals surface area contributed by atoms with Gasteiger partial charge >= 0.3 is 12.1 Å². The van der Waals surface area contributed by atoms with Crippen LogP contribution in [-0.2, 0) is 22.6 Å². The summed E-state index contributed by atoms with van der Waals surface area (Å²) >= 11 is 0. The molecular formula is C19H16F4N2O3. The van der Waals surface area contributed by atoms with Crippen LogP contribution in [0.4, 0.5) is 28.9 Å². The monoisotopic (exact) mass is 396 g/mol. The number of methoxy groups -OCH3 is 1. The van der Waals surface area contributed by atoms with Gasteiger partial charge < -0.3 is 15.0 Å². The number of alkyl halides is 3. The number of carbonyl (C=O) groups excluding carboxylic acids is 2. The lowest BCUT2D eigenvalue weighted by Crippen LogP contribution is -2.36. The summed E-state index contributed by atoms with van der Waals surface area (Å²) in [5.74, 6) is -2.65. The number of halogens is 4. The highest BCUT2D eigenvalue weighted by Crippen LogP contribution is 2.37. The number of anilines is 2. The van der Waals surface area contributed by atoms with Gasteiger partial charge in [0, 0.05) is 17.7 Å². The van der Waals surface area contributed by atoms with E-state index < -0.39 is 17.9 Å². The van der Waals surface area contributed by atoms with Gasteiger partial charge in [0.05, 0.1) is 19.3 Å². The van der Waals surface area contributed by atoms with Crippen LogP contribution in [0.25, 0.3) is 0 Å².